The summed E-state index contributed by atoms with van der Waals surface area (Å²) in [6, 6.07) is 3.01. The number of rotatable bonds is 8. The summed E-state index contributed by atoms with van der Waals surface area (Å²) in [4.78, 5) is 21.4. The van der Waals surface area contributed by atoms with Gasteiger partial charge in [-0.3, -0.25) is 4.89 Å². The average Bonchev–Trinajstić information content (AvgIpc) is 2.49. The molecule has 112 valence electrons. The summed E-state index contributed by atoms with van der Waals surface area (Å²) in [7, 11) is 4.44. The van der Waals surface area contributed by atoms with Crippen molar-refractivity contribution in [2.24, 2.45) is 0 Å². The molecule has 0 spiro atoms. The summed E-state index contributed by atoms with van der Waals surface area (Å²) < 4.78 is 15.5. The van der Waals surface area contributed by atoms with Gasteiger partial charge in [0.25, 0.3) is 0 Å². The van der Waals surface area contributed by atoms with E-state index in [0.29, 0.717) is 23.9 Å². The molecule has 0 aromatic heterocycles. The SMILES string of the molecule is CCCCOOC(=O)c1cc(OC)c(OC)c(OC)c1. The van der Waals surface area contributed by atoms with Crippen molar-refractivity contribution in [2.75, 3.05) is 27.9 Å². The van der Waals surface area contributed by atoms with Crippen LogP contribution in [0.4, 0.5) is 0 Å². The fourth-order valence-corrected chi connectivity index (χ4v) is 1.55. The fourth-order valence-electron chi connectivity index (χ4n) is 1.55. The van der Waals surface area contributed by atoms with E-state index in [4.69, 9.17) is 24.0 Å². The molecule has 20 heavy (non-hydrogen) atoms. The van der Waals surface area contributed by atoms with Crippen LogP contribution in [0.15, 0.2) is 12.1 Å². The number of carbonyl (C=O) groups excluding carboxylic acids is 1. The van der Waals surface area contributed by atoms with E-state index in [1.807, 2.05) is 6.92 Å². The number of methoxy groups -OCH3 is 3. The first-order chi connectivity index (χ1) is 9.67. The van der Waals surface area contributed by atoms with E-state index in [2.05, 4.69) is 0 Å². The first kappa shape index (κ1) is 16.1. The van der Waals surface area contributed by atoms with Crippen LogP contribution in [0, 0.1) is 0 Å². The van der Waals surface area contributed by atoms with E-state index in [1.54, 1.807) is 0 Å². The minimum absolute atomic E-state index is 0.260. The van der Waals surface area contributed by atoms with Crippen LogP contribution in [0.25, 0.3) is 0 Å². The summed E-state index contributed by atoms with van der Waals surface area (Å²) in [6.07, 6.45) is 1.78. The smallest absolute Gasteiger partial charge is 0.373 e. The minimum atomic E-state index is -0.611. The van der Waals surface area contributed by atoms with Gasteiger partial charge in [-0.05, 0) is 18.6 Å². The zero-order valence-corrected chi connectivity index (χ0v) is 12.2. The van der Waals surface area contributed by atoms with E-state index in [9.17, 15) is 4.79 Å². The van der Waals surface area contributed by atoms with Gasteiger partial charge in [-0.25, -0.2) is 4.79 Å². The van der Waals surface area contributed by atoms with Crippen molar-refractivity contribution in [2.45, 2.75) is 19.8 Å². The van der Waals surface area contributed by atoms with Crippen LogP contribution in [0.3, 0.4) is 0 Å². The number of unbranched alkanes of at least 4 members (excludes halogenated alkanes) is 1. The molecule has 6 heteroatoms. The van der Waals surface area contributed by atoms with Gasteiger partial charge in [-0.2, -0.15) is 4.89 Å². The molecule has 1 aromatic rings. The number of carbonyl (C=O) groups is 1. The normalized spacial score (nSPS) is 10.0. The average molecular weight is 284 g/mol. The van der Waals surface area contributed by atoms with Gasteiger partial charge in [0.2, 0.25) is 5.75 Å². The van der Waals surface area contributed by atoms with Crippen LogP contribution in [-0.2, 0) is 9.78 Å². The molecule has 0 bridgehead atoms. The number of ether oxygens (including phenoxy) is 3. The lowest BCUT2D eigenvalue weighted by molar-refractivity contribution is -0.241. The molecule has 0 aliphatic rings. The van der Waals surface area contributed by atoms with Gasteiger partial charge in [0.05, 0.1) is 33.5 Å². The van der Waals surface area contributed by atoms with E-state index in [1.165, 1.54) is 33.5 Å². The Hall–Kier alpha value is -1.95. The molecule has 0 fully saturated rings. The molecule has 1 rings (SSSR count). The summed E-state index contributed by atoms with van der Waals surface area (Å²) in [5.74, 6) is 0.568. The van der Waals surface area contributed by atoms with Crippen LogP contribution in [-0.4, -0.2) is 33.9 Å². The van der Waals surface area contributed by atoms with Gasteiger partial charge in [-0.15, -0.1) is 0 Å². The molecule has 0 radical (unpaired) electrons. The van der Waals surface area contributed by atoms with Crippen molar-refractivity contribution >= 4 is 5.97 Å². The predicted octanol–water partition coefficient (Wildman–Crippen LogP) is 2.60. The van der Waals surface area contributed by atoms with Crippen molar-refractivity contribution in [1.82, 2.24) is 0 Å². The maximum absolute atomic E-state index is 11.8. The lowest BCUT2D eigenvalue weighted by Crippen LogP contribution is -2.08. The Bertz CT molecular complexity index is 418. The third-order valence-electron chi connectivity index (χ3n) is 2.62. The second kappa shape index (κ2) is 8.27. The standard InChI is InChI=1S/C14H20O6/c1-5-6-7-19-20-14(15)10-8-11(16-2)13(18-4)12(9-10)17-3/h8-9H,5-7H2,1-4H3. The third kappa shape index (κ3) is 4.03. The van der Waals surface area contributed by atoms with Crippen LogP contribution >= 0.6 is 0 Å². The van der Waals surface area contributed by atoms with Crippen LogP contribution < -0.4 is 14.2 Å². The van der Waals surface area contributed by atoms with Crippen molar-refractivity contribution < 1.29 is 28.8 Å². The zero-order chi connectivity index (χ0) is 15.0. The Morgan fingerprint density at radius 1 is 1.05 bits per heavy atom. The first-order valence-corrected chi connectivity index (χ1v) is 6.31. The van der Waals surface area contributed by atoms with Gasteiger partial charge in [0.1, 0.15) is 0 Å². The molecule has 6 nitrogen and oxygen atoms in total. The molecule has 0 amide bonds. The maximum Gasteiger partial charge on any atom is 0.373 e. The summed E-state index contributed by atoms with van der Waals surface area (Å²) in [5.41, 5.74) is 0.260. The Labute approximate surface area is 118 Å². The highest BCUT2D eigenvalue weighted by Gasteiger charge is 2.18. The zero-order valence-electron chi connectivity index (χ0n) is 12.2. The molecule has 0 unspecified atom stereocenters. The van der Waals surface area contributed by atoms with Gasteiger partial charge in [0, 0.05) is 0 Å². The quantitative estimate of drug-likeness (QED) is 0.415. The monoisotopic (exact) mass is 284 g/mol. The fraction of sp³-hybridized carbons (Fsp3) is 0.500. The second-order valence-electron chi connectivity index (χ2n) is 3.96. The number of hydrogen-bond donors (Lipinski definition) is 0. The molecule has 0 aliphatic carbocycles. The Kier molecular flexibility index (Phi) is 6.66. The molecule has 1 aromatic carbocycles. The van der Waals surface area contributed by atoms with Crippen LogP contribution in [0.5, 0.6) is 17.2 Å². The van der Waals surface area contributed by atoms with Gasteiger partial charge >= 0.3 is 5.97 Å². The van der Waals surface area contributed by atoms with Crippen molar-refractivity contribution in [3.8, 4) is 17.2 Å². The largest absolute Gasteiger partial charge is 0.493 e. The Balaban J connectivity index is 2.86. The minimum Gasteiger partial charge on any atom is -0.493 e. The van der Waals surface area contributed by atoms with Crippen molar-refractivity contribution in [1.29, 1.82) is 0 Å². The molecule has 0 aliphatic heterocycles. The van der Waals surface area contributed by atoms with E-state index < -0.39 is 5.97 Å². The maximum atomic E-state index is 11.8. The van der Waals surface area contributed by atoms with E-state index in [0.717, 1.165) is 12.8 Å². The second-order valence-corrected chi connectivity index (χ2v) is 3.96. The predicted molar refractivity (Wildman–Crippen MR) is 72.4 cm³/mol. The number of hydrogen-bond acceptors (Lipinski definition) is 6. The van der Waals surface area contributed by atoms with E-state index in [-0.39, 0.29) is 5.56 Å². The summed E-state index contributed by atoms with van der Waals surface area (Å²) >= 11 is 0. The van der Waals surface area contributed by atoms with Crippen LogP contribution in [0.1, 0.15) is 30.1 Å². The molecule has 0 saturated heterocycles. The summed E-state index contributed by atoms with van der Waals surface area (Å²) in [5, 5.41) is 0. The van der Waals surface area contributed by atoms with Gasteiger partial charge in [0.15, 0.2) is 11.5 Å². The highest BCUT2D eigenvalue weighted by atomic mass is 17.2. The lowest BCUT2D eigenvalue weighted by Gasteiger charge is -2.13. The highest BCUT2D eigenvalue weighted by molar-refractivity contribution is 5.90. The summed E-state index contributed by atoms with van der Waals surface area (Å²) in [6.45, 7) is 2.39. The number of benzene rings is 1. The molecular weight excluding hydrogens is 264 g/mol. The lowest BCUT2D eigenvalue weighted by atomic mass is 10.2. The third-order valence-corrected chi connectivity index (χ3v) is 2.62. The van der Waals surface area contributed by atoms with E-state index >= 15 is 0 Å². The molecule has 0 saturated carbocycles. The van der Waals surface area contributed by atoms with Gasteiger partial charge < -0.3 is 14.2 Å². The highest BCUT2D eigenvalue weighted by Crippen LogP contribution is 2.38. The molecule has 0 heterocycles. The van der Waals surface area contributed by atoms with Crippen LogP contribution in [0.2, 0.25) is 0 Å². The first-order valence-electron chi connectivity index (χ1n) is 6.31. The molecular formula is C14H20O6. The Morgan fingerprint density at radius 3 is 2.10 bits per heavy atom. The van der Waals surface area contributed by atoms with Crippen molar-refractivity contribution in [3.05, 3.63) is 17.7 Å². The Morgan fingerprint density at radius 2 is 1.65 bits per heavy atom. The topological polar surface area (TPSA) is 63.2 Å². The molecule has 0 N–H and O–H groups in total. The van der Waals surface area contributed by atoms with Crippen molar-refractivity contribution in [3.63, 3.8) is 0 Å². The van der Waals surface area contributed by atoms with Gasteiger partial charge in [-0.1, -0.05) is 13.3 Å². The molecule has 0 atom stereocenters.